The summed E-state index contributed by atoms with van der Waals surface area (Å²) in [4.78, 5) is 101. The molecule has 0 radical (unpaired) electrons. The van der Waals surface area contributed by atoms with Crippen LogP contribution in [0, 0.1) is 10.8 Å². The number of carbonyl (C=O) groups excluding carboxylic acids is 8. The highest BCUT2D eigenvalue weighted by Crippen LogP contribution is 2.28. The van der Waals surface area contributed by atoms with Crippen molar-refractivity contribution >= 4 is 111 Å². The Morgan fingerprint density at radius 2 is 0.538 bits per heavy atom. The van der Waals surface area contributed by atoms with Crippen LogP contribution in [0.15, 0.2) is 48.5 Å². The van der Waals surface area contributed by atoms with Crippen molar-refractivity contribution in [2.75, 3.05) is 26.4 Å². The lowest BCUT2D eigenvalue weighted by Crippen LogP contribution is -2.43. The molecule has 0 aliphatic heterocycles. The molecule has 0 aliphatic carbocycles. The Hall–Kier alpha value is -3.88. The zero-order valence-corrected chi connectivity index (χ0v) is 44.4. The molecule has 0 aromatic heterocycles. The van der Waals surface area contributed by atoms with Crippen LogP contribution in [0.2, 0.25) is 0 Å². The first-order chi connectivity index (χ1) is 29.7. The molecule has 0 N–H and O–H groups in total. The van der Waals surface area contributed by atoms with Gasteiger partial charge in [-0.1, -0.05) is 112 Å². The molecule has 0 bridgehead atoms. The predicted octanol–water partition coefficient (Wildman–Crippen LogP) is 7.83. The van der Waals surface area contributed by atoms with Crippen molar-refractivity contribution in [2.45, 2.75) is 119 Å². The molecule has 0 aliphatic rings. The van der Waals surface area contributed by atoms with Gasteiger partial charge in [-0.3, -0.25) is 38.4 Å². The van der Waals surface area contributed by atoms with E-state index >= 15 is 0 Å². The minimum atomic E-state index is -1.52. The maximum absolute atomic E-state index is 13.3. The molecule has 65 heavy (non-hydrogen) atoms. The molecule has 0 spiro atoms. The van der Waals surface area contributed by atoms with Crippen LogP contribution in [-0.2, 0) is 103 Å². The summed E-state index contributed by atoms with van der Waals surface area (Å²) in [5.74, 6) is -5.69. The largest absolute Gasteiger partial charge is 0.463 e. The Morgan fingerprint density at radius 3 is 0.738 bits per heavy atom. The first kappa shape index (κ1) is 57.2. The van der Waals surface area contributed by atoms with Gasteiger partial charge in [-0.25, -0.2) is 0 Å². The van der Waals surface area contributed by atoms with Gasteiger partial charge in [0.25, 0.3) is 0 Å². The number of benzene rings is 2. The molecule has 0 saturated carbocycles. The standard InChI is InChI=1S/C45H56Br4O16/c1-40(2,46)34(52)62-24-44(9,25-63-35(53)41(3,4)47)38(56)60-22-30-15-11-28(12-16-30)20-58-32(50)19-33(51)59-21-29-13-17-31(18-14-29)23-61-39(57)45(10,26-64-36(54)42(5,6)48)27-65-37(55)43(7,8)49/h11-18H,19-27H2,1-10H3. The number of hydrogen-bond acceptors (Lipinski definition) is 16. The number of rotatable bonds is 24. The van der Waals surface area contributed by atoms with Crippen molar-refractivity contribution in [1.82, 2.24) is 0 Å². The summed E-state index contributed by atoms with van der Waals surface area (Å²) in [5, 5.41) is 0. The van der Waals surface area contributed by atoms with Crippen molar-refractivity contribution < 1.29 is 76.3 Å². The molecule has 2 aromatic carbocycles. The van der Waals surface area contributed by atoms with Crippen molar-refractivity contribution in [3.63, 3.8) is 0 Å². The fourth-order valence-corrected chi connectivity index (χ4v) is 5.02. The molecular formula is C45H56Br4O16. The van der Waals surface area contributed by atoms with Gasteiger partial charge >= 0.3 is 47.8 Å². The quantitative estimate of drug-likeness (QED) is 0.0424. The van der Waals surface area contributed by atoms with E-state index in [2.05, 4.69) is 63.7 Å². The minimum Gasteiger partial charge on any atom is -0.463 e. The van der Waals surface area contributed by atoms with Gasteiger partial charge in [-0.2, -0.15) is 0 Å². The van der Waals surface area contributed by atoms with E-state index in [0.29, 0.717) is 22.3 Å². The van der Waals surface area contributed by atoms with E-state index in [0.717, 1.165) is 0 Å². The Labute approximate surface area is 412 Å². The van der Waals surface area contributed by atoms with Crippen LogP contribution in [0.1, 0.15) is 97.9 Å². The lowest BCUT2D eigenvalue weighted by atomic mass is 9.93. The lowest BCUT2D eigenvalue weighted by molar-refractivity contribution is -0.174. The summed E-state index contributed by atoms with van der Waals surface area (Å²) in [6.07, 6.45) is -0.643. The number of halogens is 4. The molecule has 0 unspecified atom stereocenters. The summed E-state index contributed by atoms with van der Waals surface area (Å²) in [6.45, 7) is 13.3. The minimum absolute atomic E-state index is 0.152. The van der Waals surface area contributed by atoms with Gasteiger partial charge < -0.3 is 37.9 Å². The number of carbonyl (C=O) groups is 8. The molecule has 0 heterocycles. The second-order valence-corrected chi connectivity index (χ2v) is 25.5. The first-order valence-electron chi connectivity index (χ1n) is 20.0. The lowest BCUT2D eigenvalue weighted by Gasteiger charge is -2.28. The monoisotopic (exact) mass is 1170 g/mol. The number of esters is 8. The van der Waals surface area contributed by atoms with Crippen LogP contribution in [0.25, 0.3) is 0 Å². The van der Waals surface area contributed by atoms with Crippen LogP contribution in [0.4, 0.5) is 0 Å². The summed E-state index contributed by atoms with van der Waals surface area (Å²) < 4.78 is 38.8. The molecule has 16 nitrogen and oxygen atoms in total. The first-order valence-corrected chi connectivity index (χ1v) is 23.2. The van der Waals surface area contributed by atoms with Gasteiger partial charge in [0.15, 0.2) is 0 Å². The topological polar surface area (TPSA) is 210 Å². The summed E-state index contributed by atoms with van der Waals surface area (Å²) in [5.41, 5.74) is -0.721. The van der Waals surface area contributed by atoms with Gasteiger partial charge in [-0.15, -0.1) is 0 Å². The SMILES string of the molecule is CC(C)(Br)C(=O)OCC(C)(COC(=O)C(C)(C)Br)C(=O)OCc1ccc(COC(=O)CC(=O)OCc2ccc(COC(=O)C(C)(COC(=O)C(C)(C)Br)COC(=O)C(C)(C)Br)cc2)cc1. The Morgan fingerprint density at radius 1 is 0.338 bits per heavy atom. The highest BCUT2D eigenvalue weighted by molar-refractivity contribution is 9.10. The Balaban J connectivity index is 1.88. The van der Waals surface area contributed by atoms with E-state index in [1.165, 1.54) is 13.8 Å². The third kappa shape index (κ3) is 20.3. The van der Waals surface area contributed by atoms with E-state index in [1.807, 2.05) is 0 Å². The molecule has 0 atom stereocenters. The number of ether oxygens (including phenoxy) is 8. The molecule has 2 aromatic rings. The van der Waals surface area contributed by atoms with E-state index in [1.54, 1.807) is 104 Å². The fourth-order valence-electron chi connectivity index (χ4n) is 4.56. The van der Waals surface area contributed by atoms with Crippen LogP contribution in [-0.4, -0.2) is 91.5 Å². The average molecular weight is 1170 g/mol. The highest BCUT2D eigenvalue weighted by Gasteiger charge is 2.43. The fraction of sp³-hybridized carbons (Fsp3) is 0.556. The summed E-state index contributed by atoms with van der Waals surface area (Å²) in [7, 11) is 0. The van der Waals surface area contributed by atoms with Gasteiger partial charge in [0.05, 0.1) is 0 Å². The Kier molecular flexibility index (Phi) is 21.3. The molecular weight excluding hydrogens is 1120 g/mol. The highest BCUT2D eigenvalue weighted by atomic mass is 79.9. The smallest absolute Gasteiger partial charge is 0.322 e. The maximum Gasteiger partial charge on any atom is 0.322 e. The van der Waals surface area contributed by atoms with Gasteiger partial charge in [0.2, 0.25) is 0 Å². The van der Waals surface area contributed by atoms with Gasteiger partial charge in [0, 0.05) is 0 Å². The second kappa shape index (κ2) is 24.2. The summed E-state index contributed by atoms with van der Waals surface area (Å²) >= 11 is 12.9. The predicted molar refractivity (Wildman–Crippen MR) is 249 cm³/mol. The average Bonchev–Trinajstić information content (AvgIpc) is 3.21. The zero-order valence-electron chi connectivity index (χ0n) is 38.0. The molecule has 2 rings (SSSR count). The van der Waals surface area contributed by atoms with Crippen LogP contribution >= 0.6 is 63.7 Å². The molecule has 0 amide bonds. The second-order valence-electron chi connectivity index (χ2n) is 17.6. The third-order valence-corrected chi connectivity index (χ3v) is 10.2. The van der Waals surface area contributed by atoms with Crippen molar-refractivity contribution in [3.05, 3.63) is 70.8 Å². The van der Waals surface area contributed by atoms with Gasteiger partial charge in [-0.05, 0) is 91.5 Å². The molecule has 360 valence electrons. The molecule has 0 fully saturated rings. The van der Waals surface area contributed by atoms with Gasteiger partial charge in [0.1, 0.15) is 87.4 Å². The third-order valence-electron chi connectivity index (χ3n) is 8.89. The number of hydrogen-bond donors (Lipinski definition) is 0. The molecule has 0 saturated heterocycles. The normalized spacial score (nSPS) is 12.3. The maximum atomic E-state index is 13.3. The van der Waals surface area contributed by atoms with Crippen LogP contribution in [0.5, 0.6) is 0 Å². The Bertz CT molecular complexity index is 1800. The van der Waals surface area contributed by atoms with Crippen LogP contribution < -0.4 is 0 Å². The van der Waals surface area contributed by atoms with E-state index in [-0.39, 0.29) is 26.4 Å². The number of alkyl halides is 4. The van der Waals surface area contributed by atoms with Crippen molar-refractivity contribution in [3.8, 4) is 0 Å². The van der Waals surface area contributed by atoms with E-state index in [4.69, 9.17) is 37.9 Å². The summed E-state index contributed by atoms with van der Waals surface area (Å²) in [6, 6.07) is 13.2. The van der Waals surface area contributed by atoms with Crippen LogP contribution in [0.3, 0.4) is 0 Å². The van der Waals surface area contributed by atoms with Crippen molar-refractivity contribution in [2.24, 2.45) is 10.8 Å². The van der Waals surface area contributed by atoms with Crippen molar-refractivity contribution in [1.29, 1.82) is 0 Å². The molecule has 20 heteroatoms. The zero-order chi connectivity index (χ0) is 49.6. The van der Waals surface area contributed by atoms with E-state index in [9.17, 15) is 38.4 Å². The van der Waals surface area contributed by atoms with E-state index < -0.39 is 109 Å².